The van der Waals surface area contributed by atoms with Crippen LogP contribution in [0.15, 0.2) is 53.7 Å². The minimum absolute atomic E-state index is 0.102. The predicted octanol–water partition coefficient (Wildman–Crippen LogP) is 4.58. The summed E-state index contributed by atoms with van der Waals surface area (Å²) in [6.45, 7) is 3.03. The van der Waals surface area contributed by atoms with Crippen molar-refractivity contribution < 1.29 is 26.4 Å². The molecule has 0 atom stereocenters. The summed E-state index contributed by atoms with van der Waals surface area (Å²) in [6.07, 6.45) is -1.36. The number of nitrogens with zero attached hydrogens (tertiary/aromatic N) is 2. The highest BCUT2D eigenvalue weighted by Gasteiger charge is 2.30. The molecule has 1 amide bonds. The Hall–Kier alpha value is -3.47. The summed E-state index contributed by atoms with van der Waals surface area (Å²) < 4.78 is 62.6. The number of alkyl halides is 3. The monoisotopic (exact) mass is 464 g/mol. The number of rotatable bonds is 5. The van der Waals surface area contributed by atoms with Crippen LogP contribution in [0, 0.1) is 6.92 Å². The SMILES string of the molecule is CC(=O)Nc1cc(Nc2cc(C)cc(S(C)(=O)=O)c2)c(-c2ccc(C(F)(F)F)cn2)cn1. The maximum atomic E-state index is 12.9. The lowest BCUT2D eigenvalue weighted by Crippen LogP contribution is -2.09. The highest BCUT2D eigenvalue weighted by molar-refractivity contribution is 7.90. The van der Waals surface area contributed by atoms with Crippen molar-refractivity contribution in [2.75, 3.05) is 16.9 Å². The molecule has 168 valence electrons. The number of anilines is 3. The second-order valence-corrected chi connectivity index (χ2v) is 9.17. The molecule has 3 aromatic rings. The Labute approximate surface area is 182 Å². The Kier molecular flexibility index (Phi) is 6.22. The molecule has 0 saturated carbocycles. The van der Waals surface area contributed by atoms with Crippen molar-refractivity contribution in [3.8, 4) is 11.3 Å². The van der Waals surface area contributed by atoms with Crippen LogP contribution in [-0.4, -0.2) is 30.5 Å². The first-order valence-electron chi connectivity index (χ1n) is 9.23. The van der Waals surface area contributed by atoms with Gasteiger partial charge in [-0.15, -0.1) is 0 Å². The summed E-state index contributed by atoms with van der Waals surface area (Å²) in [5, 5.41) is 5.60. The van der Waals surface area contributed by atoms with Crippen LogP contribution in [0.3, 0.4) is 0 Å². The molecule has 3 rings (SSSR count). The molecule has 2 N–H and O–H groups in total. The second-order valence-electron chi connectivity index (χ2n) is 7.16. The van der Waals surface area contributed by atoms with E-state index in [0.717, 1.165) is 18.5 Å². The molecule has 0 fully saturated rings. The van der Waals surface area contributed by atoms with Crippen LogP contribution in [0.4, 0.5) is 30.4 Å². The van der Waals surface area contributed by atoms with Gasteiger partial charge in [0.15, 0.2) is 9.84 Å². The minimum Gasteiger partial charge on any atom is -0.355 e. The Morgan fingerprint density at radius 2 is 1.75 bits per heavy atom. The highest BCUT2D eigenvalue weighted by atomic mass is 32.2. The smallest absolute Gasteiger partial charge is 0.355 e. The van der Waals surface area contributed by atoms with Crippen LogP contribution in [-0.2, 0) is 20.8 Å². The molecule has 2 aromatic heterocycles. The van der Waals surface area contributed by atoms with E-state index < -0.39 is 21.6 Å². The second kappa shape index (κ2) is 8.58. The van der Waals surface area contributed by atoms with Crippen LogP contribution in [0.25, 0.3) is 11.3 Å². The lowest BCUT2D eigenvalue weighted by atomic mass is 10.1. The third-order valence-corrected chi connectivity index (χ3v) is 5.42. The lowest BCUT2D eigenvalue weighted by molar-refractivity contribution is -0.137. The fourth-order valence-corrected chi connectivity index (χ4v) is 3.66. The van der Waals surface area contributed by atoms with E-state index in [1.54, 1.807) is 13.0 Å². The van der Waals surface area contributed by atoms with Gasteiger partial charge in [-0.3, -0.25) is 9.78 Å². The van der Waals surface area contributed by atoms with E-state index in [2.05, 4.69) is 20.6 Å². The van der Waals surface area contributed by atoms with Gasteiger partial charge in [0, 0.05) is 42.9 Å². The van der Waals surface area contributed by atoms with E-state index >= 15 is 0 Å². The molecule has 11 heteroatoms. The summed E-state index contributed by atoms with van der Waals surface area (Å²) in [5.74, 6) is -0.162. The van der Waals surface area contributed by atoms with Crippen molar-refractivity contribution in [3.63, 3.8) is 0 Å². The van der Waals surface area contributed by atoms with Crippen LogP contribution >= 0.6 is 0 Å². The van der Waals surface area contributed by atoms with Gasteiger partial charge < -0.3 is 10.6 Å². The number of halogens is 3. The number of carbonyl (C=O) groups is 1. The normalized spacial score (nSPS) is 11.8. The van der Waals surface area contributed by atoms with E-state index in [0.29, 0.717) is 22.5 Å². The molecule has 0 aliphatic carbocycles. The summed E-state index contributed by atoms with van der Waals surface area (Å²) in [6, 6.07) is 8.26. The van der Waals surface area contributed by atoms with Crippen molar-refractivity contribution in [1.82, 2.24) is 9.97 Å². The summed E-state index contributed by atoms with van der Waals surface area (Å²) in [5.41, 5.74) is 1.14. The van der Waals surface area contributed by atoms with E-state index in [9.17, 15) is 26.4 Å². The number of hydrogen-bond acceptors (Lipinski definition) is 6. The molecule has 0 radical (unpaired) electrons. The van der Waals surface area contributed by atoms with E-state index in [1.165, 1.54) is 37.4 Å². The molecular formula is C21H19F3N4O3S. The predicted molar refractivity (Wildman–Crippen MR) is 114 cm³/mol. The van der Waals surface area contributed by atoms with Crippen LogP contribution in [0.5, 0.6) is 0 Å². The average Bonchev–Trinajstić information content (AvgIpc) is 2.66. The molecule has 2 heterocycles. The summed E-state index contributed by atoms with van der Waals surface area (Å²) in [7, 11) is -3.47. The van der Waals surface area contributed by atoms with Gasteiger partial charge in [-0.25, -0.2) is 13.4 Å². The molecule has 0 aliphatic rings. The first-order valence-corrected chi connectivity index (χ1v) is 11.1. The van der Waals surface area contributed by atoms with Crippen LogP contribution < -0.4 is 10.6 Å². The number of aryl methyl sites for hydroxylation is 1. The third kappa shape index (κ3) is 5.61. The molecule has 0 bridgehead atoms. The molecule has 1 aromatic carbocycles. The zero-order valence-corrected chi connectivity index (χ0v) is 18.1. The number of sulfone groups is 1. The minimum atomic E-state index is -4.52. The number of pyridine rings is 2. The first kappa shape index (κ1) is 23.2. The Balaban J connectivity index is 2.09. The molecule has 0 spiro atoms. The van der Waals surface area contributed by atoms with Crippen molar-refractivity contribution in [3.05, 3.63) is 59.9 Å². The van der Waals surface area contributed by atoms with Crippen molar-refractivity contribution >= 4 is 32.9 Å². The number of aromatic nitrogens is 2. The molecule has 7 nitrogen and oxygen atoms in total. The highest BCUT2D eigenvalue weighted by Crippen LogP contribution is 2.34. The number of carbonyl (C=O) groups excluding carboxylic acids is 1. The van der Waals surface area contributed by atoms with Crippen molar-refractivity contribution in [1.29, 1.82) is 0 Å². The zero-order valence-electron chi connectivity index (χ0n) is 17.3. The summed E-state index contributed by atoms with van der Waals surface area (Å²) >= 11 is 0. The zero-order chi connectivity index (χ0) is 23.7. The number of benzene rings is 1. The van der Waals surface area contributed by atoms with Gasteiger partial charge in [0.2, 0.25) is 5.91 Å². The molecular weight excluding hydrogens is 445 g/mol. The summed E-state index contributed by atoms with van der Waals surface area (Å²) in [4.78, 5) is 19.5. The maximum absolute atomic E-state index is 12.9. The largest absolute Gasteiger partial charge is 0.417 e. The van der Waals surface area contributed by atoms with Gasteiger partial charge in [-0.1, -0.05) is 0 Å². The van der Waals surface area contributed by atoms with E-state index in [4.69, 9.17) is 0 Å². The van der Waals surface area contributed by atoms with Crippen molar-refractivity contribution in [2.45, 2.75) is 24.9 Å². The lowest BCUT2D eigenvalue weighted by Gasteiger charge is -2.15. The number of hydrogen-bond donors (Lipinski definition) is 2. The third-order valence-electron chi connectivity index (χ3n) is 4.33. The van der Waals surface area contributed by atoms with Gasteiger partial charge >= 0.3 is 6.18 Å². The van der Waals surface area contributed by atoms with Gasteiger partial charge in [0.1, 0.15) is 5.82 Å². The van der Waals surface area contributed by atoms with Gasteiger partial charge in [-0.2, -0.15) is 13.2 Å². The molecule has 32 heavy (non-hydrogen) atoms. The molecule has 0 saturated heterocycles. The Bertz CT molecular complexity index is 1270. The van der Waals surface area contributed by atoms with Crippen LogP contribution in [0.2, 0.25) is 0 Å². The standard InChI is InChI=1S/C21H19F3N4O3S/c1-12-6-15(8-16(7-12)32(3,30)31)28-19-9-20(27-13(2)29)26-11-17(19)18-5-4-14(10-25-18)21(22,23)24/h4-11H,1-3H3,(H2,26,27,28,29). The quantitative estimate of drug-likeness (QED) is 0.573. The topological polar surface area (TPSA) is 101 Å². The maximum Gasteiger partial charge on any atom is 0.417 e. The molecule has 0 unspecified atom stereocenters. The van der Waals surface area contributed by atoms with Crippen LogP contribution in [0.1, 0.15) is 18.1 Å². The fourth-order valence-electron chi connectivity index (χ4n) is 2.92. The Morgan fingerprint density at radius 1 is 1.03 bits per heavy atom. The van der Waals surface area contributed by atoms with Gasteiger partial charge in [-0.05, 0) is 42.8 Å². The number of nitrogens with one attached hydrogen (secondary N) is 2. The average molecular weight is 464 g/mol. The fraction of sp³-hybridized carbons (Fsp3) is 0.190. The number of amides is 1. The van der Waals surface area contributed by atoms with E-state index in [1.807, 2.05) is 0 Å². The Morgan fingerprint density at radius 3 is 2.31 bits per heavy atom. The molecule has 0 aliphatic heterocycles. The first-order chi connectivity index (χ1) is 14.8. The van der Waals surface area contributed by atoms with Gasteiger partial charge in [0.05, 0.1) is 21.8 Å². The van der Waals surface area contributed by atoms with Gasteiger partial charge in [0.25, 0.3) is 0 Å². The van der Waals surface area contributed by atoms with E-state index in [-0.39, 0.29) is 22.3 Å². The van der Waals surface area contributed by atoms with Crippen molar-refractivity contribution in [2.24, 2.45) is 0 Å².